The number of rotatable bonds is 4. The fourth-order valence-electron chi connectivity index (χ4n) is 3.05. The molecule has 0 spiro atoms. The highest BCUT2D eigenvalue weighted by atomic mass is 32.1. The van der Waals surface area contributed by atoms with E-state index in [9.17, 15) is 4.79 Å². The number of carbonyl (C=O) groups excluding carboxylic acids is 1. The number of alkyl carbamates (subject to hydrolysis) is 1. The van der Waals surface area contributed by atoms with Crippen molar-refractivity contribution >= 4 is 17.4 Å². The molecule has 1 atom stereocenters. The quantitative estimate of drug-likeness (QED) is 0.903. The first-order valence-corrected chi connectivity index (χ1v) is 9.47. The van der Waals surface area contributed by atoms with Crippen molar-refractivity contribution in [1.29, 1.82) is 0 Å². The van der Waals surface area contributed by atoms with Crippen LogP contribution in [0.2, 0.25) is 0 Å². The molecule has 1 N–H and O–H groups in total. The molecule has 0 saturated carbocycles. The minimum atomic E-state index is -0.495. The van der Waals surface area contributed by atoms with Gasteiger partial charge in [-0.25, -0.2) is 9.78 Å². The van der Waals surface area contributed by atoms with E-state index in [-0.39, 0.29) is 12.1 Å². The average Bonchev–Trinajstić information content (AvgIpc) is 3.07. The lowest BCUT2D eigenvalue weighted by Crippen LogP contribution is -2.42. The van der Waals surface area contributed by atoms with Crippen LogP contribution in [0.1, 0.15) is 42.9 Å². The van der Waals surface area contributed by atoms with Gasteiger partial charge in [-0.05, 0) is 38.3 Å². The smallest absolute Gasteiger partial charge is 0.407 e. The van der Waals surface area contributed by atoms with Gasteiger partial charge in [-0.3, -0.25) is 4.90 Å². The van der Waals surface area contributed by atoms with Crippen LogP contribution < -0.4 is 5.32 Å². The summed E-state index contributed by atoms with van der Waals surface area (Å²) in [7, 11) is 0. The zero-order valence-electron chi connectivity index (χ0n) is 15.0. The summed E-state index contributed by atoms with van der Waals surface area (Å²) >= 11 is 1.63. The van der Waals surface area contributed by atoms with Crippen LogP contribution in [0, 0.1) is 0 Å². The zero-order chi connectivity index (χ0) is 17.9. The van der Waals surface area contributed by atoms with Crippen LogP contribution in [-0.4, -0.2) is 34.7 Å². The zero-order valence-corrected chi connectivity index (χ0v) is 15.8. The maximum absolute atomic E-state index is 12.0. The largest absolute Gasteiger partial charge is 0.444 e. The van der Waals surface area contributed by atoms with Gasteiger partial charge in [-0.1, -0.05) is 24.3 Å². The van der Waals surface area contributed by atoms with E-state index in [1.54, 1.807) is 11.3 Å². The Hall–Kier alpha value is -1.92. The summed E-state index contributed by atoms with van der Waals surface area (Å²) < 4.78 is 5.36. The van der Waals surface area contributed by atoms with Crippen LogP contribution in [0.15, 0.2) is 35.8 Å². The number of fused-ring (bicyclic) bond motifs is 1. The minimum absolute atomic E-state index is 0.0564. The molecule has 2 aromatic rings. The molecule has 0 fully saturated rings. The van der Waals surface area contributed by atoms with E-state index < -0.39 is 5.60 Å². The highest BCUT2D eigenvalue weighted by molar-refractivity contribution is 7.09. The summed E-state index contributed by atoms with van der Waals surface area (Å²) in [5, 5.41) is 5.92. The molecule has 5 nitrogen and oxygen atoms in total. The molecule has 1 aliphatic rings. The van der Waals surface area contributed by atoms with Gasteiger partial charge in [-0.15, -0.1) is 11.3 Å². The summed E-state index contributed by atoms with van der Waals surface area (Å²) in [6, 6.07) is 8.61. The number of carbonyl (C=O) groups is 1. The van der Waals surface area contributed by atoms with Gasteiger partial charge >= 0.3 is 6.09 Å². The first-order chi connectivity index (χ1) is 11.9. The second-order valence-electron chi connectivity index (χ2n) is 7.26. The van der Waals surface area contributed by atoms with Crippen molar-refractivity contribution in [1.82, 2.24) is 15.2 Å². The fraction of sp³-hybridized carbons (Fsp3) is 0.474. The Morgan fingerprint density at radius 2 is 2.12 bits per heavy atom. The number of ether oxygens (including phenoxy) is 1. The predicted molar refractivity (Wildman–Crippen MR) is 99.6 cm³/mol. The summed E-state index contributed by atoms with van der Waals surface area (Å²) in [6.45, 7) is 7.92. The summed E-state index contributed by atoms with van der Waals surface area (Å²) in [6.07, 6.45) is 2.45. The predicted octanol–water partition coefficient (Wildman–Crippen LogP) is 3.77. The van der Waals surface area contributed by atoms with Gasteiger partial charge in [0.05, 0.1) is 6.04 Å². The van der Waals surface area contributed by atoms with Gasteiger partial charge in [0, 0.05) is 31.2 Å². The van der Waals surface area contributed by atoms with Crippen LogP contribution in [-0.2, 0) is 17.7 Å². The lowest BCUT2D eigenvalue weighted by molar-refractivity contribution is 0.0503. The van der Waals surface area contributed by atoms with Crippen molar-refractivity contribution in [2.45, 2.75) is 45.4 Å². The van der Waals surface area contributed by atoms with Crippen LogP contribution in [0.4, 0.5) is 4.79 Å². The van der Waals surface area contributed by atoms with E-state index in [2.05, 4.69) is 39.5 Å². The van der Waals surface area contributed by atoms with Gasteiger partial charge in [0.1, 0.15) is 10.6 Å². The Morgan fingerprint density at radius 1 is 1.36 bits per heavy atom. The molecule has 0 bridgehead atoms. The number of aromatic nitrogens is 1. The molecular weight excluding hydrogens is 334 g/mol. The molecule has 0 radical (unpaired) electrons. The third kappa shape index (κ3) is 4.80. The Kier molecular flexibility index (Phi) is 5.39. The van der Waals surface area contributed by atoms with E-state index in [1.165, 1.54) is 11.1 Å². The number of nitrogens with zero attached hydrogens (tertiary/aromatic N) is 2. The fourth-order valence-corrected chi connectivity index (χ4v) is 3.82. The van der Waals surface area contributed by atoms with Crippen molar-refractivity contribution in [3.8, 4) is 0 Å². The number of amides is 1. The summed E-state index contributed by atoms with van der Waals surface area (Å²) in [5.41, 5.74) is 2.27. The molecule has 134 valence electrons. The van der Waals surface area contributed by atoms with Crippen molar-refractivity contribution in [2.24, 2.45) is 0 Å². The van der Waals surface area contributed by atoms with Crippen molar-refractivity contribution < 1.29 is 9.53 Å². The van der Waals surface area contributed by atoms with Gasteiger partial charge in [0.15, 0.2) is 0 Å². The van der Waals surface area contributed by atoms with Crippen LogP contribution in [0.5, 0.6) is 0 Å². The molecule has 0 saturated heterocycles. The number of benzene rings is 1. The molecule has 1 aromatic carbocycles. The van der Waals surface area contributed by atoms with E-state index in [4.69, 9.17) is 4.74 Å². The van der Waals surface area contributed by atoms with Crippen molar-refractivity contribution in [3.63, 3.8) is 0 Å². The van der Waals surface area contributed by atoms with Gasteiger partial charge in [0.25, 0.3) is 0 Å². The van der Waals surface area contributed by atoms with Crippen LogP contribution in [0.3, 0.4) is 0 Å². The number of hydrogen-bond donors (Lipinski definition) is 1. The average molecular weight is 359 g/mol. The Bertz CT molecular complexity index is 710. The standard InChI is InChI=1S/C19H25N3O2S/c1-19(2,3)24-18(23)21-12-16(17-20-9-11-25-17)22-10-8-14-6-4-5-7-15(14)13-22/h4-7,9,11,16H,8,10,12-13H2,1-3H3,(H,21,23). The molecule has 6 heteroatoms. The molecule has 1 aromatic heterocycles. The lowest BCUT2D eigenvalue weighted by atomic mass is 9.98. The Morgan fingerprint density at radius 3 is 2.80 bits per heavy atom. The number of nitrogens with one attached hydrogen (secondary N) is 1. The molecule has 1 aliphatic heterocycles. The minimum Gasteiger partial charge on any atom is -0.444 e. The third-order valence-corrected chi connectivity index (χ3v) is 5.05. The van der Waals surface area contributed by atoms with Crippen LogP contribution in [0.25, 0.3) is 0 Å². The molecule has 2 heterocycles. The summed E-state index contributed by atoms with van der Waals surface area (Å²) in [4.78, 5) is 18.9. The number of hydrogen-bond acceptors (Lipinski definition) is 5. The molecular formula is C19H25N3O2S. The maximum Gasteiger partial charge on any atom is 0.407 e. The van der Waals surface area contributed by atoms with Crippen molar-refractivity contribution in [2.75, 3.05) is 13.1 Å². The van der Waals surface area contributed by atoms with Gasteiger partial charge < -0.3 is 10.1 Å². The first-order valence-electron chi connectivity index (χ1n) is 8.59. The van der Waals surface area contributed by atoms with E-state index in [1.807, 2.05) is 32.3 Å². The molecule has 0 aliphatic carbocycles. The van der Waals surface area contributed by atoms with E-state index in [0.717, 1.165) is 24.5 Å². The normalized spacial score (nSPS) is 16.1. The molecule has 25 heavy (non-hydrogen) atoms. The van der Waals surface area contributed by atoms with Gasteiger partial charge in [0.2, 0.25) is 0 Å². The lowest BCUT2D eigenvalue weighted by Gasteiger charge is -2.34. The van der Waals surface area contributed by atoms with E-state index >= 15 is 0 Å². The van der Waals surface area contributed by atoms with Crippen molar-refractivity contribution in [3.05, 3.63) is 52.0 Å². The highest BCUT2D eigenvalue weighted by Crippen LogP contribution is 2.28. The first kappa shape index (κ1) is 17.9. The second-order valence-corrected chi connectivity index (χ2v) is 8.18. The monoisotopic (exact) mass is 359 g/mol. The summed E-state index contributed by atoms with van der Waals surface area (Å²) in [5.74, 6) is 0. The van der Waals surface area contributed by atoms with Crippen LogP contribution >= 0.6 is 11.3 Å². The molecule has 1 unspecified atom stereocenters. The topological polar surface area (TPSA) is 54.5 Å². The second kappa shape index (κ2) is 7.54. The maximum atomic E-state index is 12.0. The van der Waals surface area contributed by atoms with E-state index in [0.29, 0.717) is 6.54 Å². The highest BCUT2D eigenvalue weighted by Gasteiger charge is 2.27. The SMILES string of the molecule is CC(C)(C)OC(=O)NCC(c1nccs1)N1CCc2ccccc2C1. The van der Waals surface area contributed by atoms with Gasteiger partial charge in [-0.2, -0.15) is 0 Å². The Balaban J connectivity index is 1.70. The number of thiazole rings is 1. The Labute approximate surface area is 153 Å². The third-order valence-electron chi connectivity index (χ3n) is 4.18. The molecule has 1 amide bonds. The molecule has 3 rings (SSSR count).